The zero-order valence-corrected chi connectivity index (χ0v) is 29.6. The van der Waals surface area contributed by atoms with Crippen LogP contribution in [0.25, 0.3) is 10.1 Å². The van der Waals surface area contributed by atoms with Crippen LogP contribution in [0.3, 0.4) is 0 Å². The Morgan fingerprint density at radius 3 is 2.47 bits per heavy atom. The molecule has 276 valence electrons. The summed E-state index contributed by atoms with van der Waals surface area (Å²) in [5, 5.41) is 6.78. The van der Waals surface area contributed by atoms with Crippen molar-refractivity contribution in [1.82, 2.24) is 9.62 Å². The van der Waals surface area contributed by atoms with Crippen LogP contribution >= 0.6 is 11.3 Å². The Morgan fingerprint density at radius 2 is 1.84 bits per heavy atom. The molecule has 3 aromatic rings. The molecule has 3 heterocycles. The van der Waals surface area contributed by atoms with Crippen LogP contribution in [0.2, 0.25) is 0 Å². The minimum absolute atomic E-state index is 0.0575. The number of carbonyl (C=O) groups excluding carboxylic acids is 1. The number of fused-ring (bicyclic) bond motifs is 1. The van der Waals surface area contributed by atoms with Gasteiger partial charge in [-0.3, -0.25) is 4.79 Å². The monoisotopic (exact) mass is 754 g/mol. The van der Waals surface area contributed by atoms with E-state index in [0.29, 0.717) is 21.5 Å². The maximum atomic E-state index is 14.8. The molecule has 1 spiro atoms. The molecule has 1 amide bonds. The number of thiophene rings is 1. The quantitative estimate of drug-likeness (QED) is 0.158. The summed E-state index contributed by atoms with van der Waals surface area (Å²) < 4.78 is 107. The van der Waals surface area contributed by atoms with Gasteiger partial charge in [-0.25, -0.2) is 21.9 Å². The van der Waals surface area contributed by atoms with Crippen LogP contribution in [-0.4, -0.2) is 77.2 Å². The molecule has 0 unspecified atom stereocenters. The van der Waals surface area contributed by atoms with Crippen LogP contribution in [0.4, 0.5) is 33.3 Å². The Morgan fingerprint density at radius 1 is 1.12 bits per heavy atom. The first-order chi connectivity index (χ1) is 24.3. The number of hydrogen-bond donors (Lipinski definition) is 3. The van der Waals surface area contributed by atoms with E-state index in [-0.39, 0.29) is 34.5 Å². The summed E-state index contributed by atoms with van der Waals surface area (Å²) in [6.07, 6.45) is 0.730. The molecular weight excluding hydrogens is 716 g/mol. The van der Waals surface area contributed by atoms with Crippen molar-refractivity contribution in [3.05, 3.63) is 46.6 Å². The number of alkyl halides is 4. The normalized spacial score (nSPS) is 20.7. The van der Waals surface area contributed by atoms with Crippen molar-refractivity contribution in [2.45, 2.75) is 75.0 Å². The molecule has 9 nitrogen and oxygen atoms in total. The molecule has 0 bridgehead atoms. The molecular formula is C35H39F5N4O5S2. The third kappa shape index (κ3) is 8.70. The van der Waals surface area contributed by atoms with Gasteiger partial charge in [-0.05, 0) is 68.6 Å². The fourth-order valence-corrected chi connectivity index (χ4v) is 9.41. The lowest BCUT2D eigenvalue weighted by Gasteiger charge is -2.49. The van der Waals surface area contributed by atoms with E-state index in [0.717, 1.165) is 88.1 Å². The van der Waals surface area contributed by atoms with Crippen LogP contribution in [0.1, 0.15) is 55.9 Å². The number of halogens is 5. The third-order valence-electron chi connectivity index (χ3n) is 9.82. The number of likely N-dealkylation sites (tertiary alicyclic amines) is 1. The van der Waals surface area contributed by atoms with Gasteiger partial charge in [0.1, 0.15) is 16.5 Å². The second kappa shape index (κ2) is 15.1. The maximum Gasteiger partial charge on any atom is 0.393 e. The average Bonchev–Trinajstić information content (AvgIpc) is 3.39. The van der Waals surface area contributed by atoms with Crippen LogP contribution in [0, 0.1) is 23.1 Å². The molecule has 2 aromatic carbocycles. The lowest BCUT2D eigenvalue weighted by Crippen LogP contribution is -2.53. The van der Waals surface area contributed by atoms with Crippen molar-refractivity contribution < 1.29 is 44.6 Å². The van der Waals surface area contributed by atoms with Crippen molar-refractivity contribution in [2.75, 3.05) is 50.3 Å². The fraction of sp³-hybridized carbons (Fsp3) is 0.514. The number of piperidine rings is 1. The topological polar surface area (TPSA) is 109 Å². The number of sulfonamides is 1. The van der Waals surface area contributed by atoms with E-state index in [9.17, 15) is 35.2 Å². The van der Waals surface area contributed by atoms with E-state index >= 15 is 0 Å². The van der Waals surface area contributed by atoms with Gasteiger partial charge in [0, 0.05) is 36.6 Å². The van der Waals surface area contributed by atoms with Gasteiger partial charge in [0.05, 0.1) is 47.1 Å². The second-order valence-electron chi connectivity index (χ2n) is 13.4. The van der Waals surface area contributed by atoms with Crippen LogP contribution in [0.5, 0.6) is 5.75 Å². The van der Waals surface area contributed by atoms with Crippen LogP contribution < -0.4 is 20.1 Å². The largest absolute Gasteiger partial charge is 0.461 e. The summed E-state index contributed by atoms with van der Waals surface area (Å²) in [7, 11) is -4.60. The Balaban J connectivity index is 1.16. The van der Waals surface area contributed by atoms with Gasteiger partial charge in [-0.1, -0.05) is 24.0 Å². The predicted molar refractivity (Wildman–Crippen MR) is 185 cm³/mol. The predicted octanol–water partition coefficient (Wildman–Crippen LogP) is 6.57. The van der Waals surface area contributed by atoms with E-state index in [2.05, 4.69) is 27.4 Å². The van der Waals surface area contributed by atoms with Gasteiger partial charge in [0.15, 0.2) is 0 Å². The molecule has 2 aliphatic heterocycles. The Bertz CT molecular complexity index is 1920. The minimum Gasteiger partial charge on any atom is -0.461 e. The molecule has 1 saturated carbocycles. The number of anilines is 2. The van der Waals surface area contributed by atoms with Gasteiger partial charge in [0.25, 0.3) is 10.0 Å². The molecule has 16 heteroatoms. The zero-order chi connectivity index (χ0) is 36.4. The van der Waals surface area contributed by atoms with E-state index in [1.54, 1.807) is 16.9 Å². The number of benzene rings is 2. The fourth-order valence-electron chi connectivity index (χ4n) is 7.17. The van der Waals surface area contributed by atoms with Crippen LogP contribution in [-0.2, 0) is 26.0 Å². The van der Waals surface area contributed by atoms with Crippen molar-refractivity contribution in [2.24, 2.45) is 5.41 Å². The summed E-state index contributed by atoms with van der Waals surface area (Å²) in [5.41, 5.74) is 1.07. The Kier molecular flexibility index (Phi) is 11.0. The van der Waals surface area contributed by atoms with Crippen molar-refractivity contribution in [3.63, 3.8) is 0 Å². The molecule has 1 aliphatic carbocycles. The second-order valence-corrected chi connectivity index (χ2v) is 16.1. The number of nitrogens with one attached hydrogen (secondary N) is 3. The molecule has 0 radical (unpaired) electrons. The first-order valence-electron chi connectivity index (χ1n) is 16.7. The summed E-state index contributed by atoms with van der Waals surface area (Å²) in [6, 6.07) is 7.48. The van der Waals surface area contributed by atoms with Gasteiger partial charge < -0.3 is 25.0 Å². The molecule has 51 heavy (non-hydrogen) atoms. The molecule has 1 aromatic heterocycles. The van der Waals surface area contributed by atoms with E-state index in [1.807, 2.05) is 6.07 Å². The van der Waals surface area contributed by atoms with E-state index < -0.39 is 46.1 Å². The summed E-state index contributed by atoms with van der Waals surface area (Å²) >= 11 is 1.16. The minimum atomic E-state index is -4.60. The number of nitrogens with zero attached hydrogens (tertiary/aromatic N) is 1. The van der Waals surface area contributed by atoms with Crippen molar-refractivity contribution >= 4 is 48.7 Å². The van der Waals surface area contributed by atoms with Gasteiger partial charge in [0.2, 0.25) is 12.8 Å². The van der Waals surface area contributed by atoms with Gasteiger partial charge in [-0.15, -0.1) is 11.3 Å². The Hall–Kier alpha value is -3.65. The number of amides is 1. The standard InChI is InChI=1S/C35H39F5N4O5S2/c1-22(45)43-51(46,47)32-17-30(49-21-36)29(16-27(32)37)41-13-3-6-31-26(18-35(38,39)40)25-4-2-5-28(33(25)50-31)42-23-7-9-24(10-8-23)44-14-11-34(12-15-44)19-48-20-34/h2,4-5,16-17,23-24,41-42H,7-15,18-21H2,1H3,(H,43,45). The lowest BCUT2D eigenvalue weighted by molar-refractivity contribution is -0.143. The smallest absolute Gasteiger partial charge is 0.393 e. The summed E-state index contributed by atoms with van der Waals surface area (Å²) in [6.45, 7) is 3.29. The summed E-state index contributed by atoms with van der Waals surface area (Å²) in [4.78, 5) is 13.2. The van der Waals surface area contributed by atoms with Crippen molar-refractivity contribution in [3.8, 4) is 17.6 Å². The zero-order valence-electron chi connectivity index (χ0n) is 27.9. The molecule has 0 atom stereocenters. The maximum absolute atomic E-state index is 14.8. The number of hydrogen-bond acceptors (Lipinski definition) is 9. The number of ether oxygens (including phenoxy) is 2. The third-order valence-corrected chi connectivity index (χ3v) is 12.5. The number of carbonyl (C=O) groups is 1. The van der Waals surface area contributed by atoms with Crippen LogP contribution in [0.15, 0.2) is 35.2 Å². The SMILES string of the molecule is CC(=O)NS(=O)(=O)c1cc(OCF)c(NCC#Cc2sc3c(NC4CCC(N5CCC6(CC5)COC6)CC4)cccc3c2CC(F)(F)F)cc1F. The molecule has 2 saturated heterocycles. The highest BCUT2D eigenvalue weighted by atomic mass is 32.2. The summed E-state index contributed by atoms with van der Waals surface area (Å²) in [5.74, 6) is 2.99. The molecule has 3 N–H and O–H groups in total. The average molecular weight is 755 g/mol. The highest BCUT2D eigenvalue weighted by Gasteiger charge is 2.42. The number of rotatable bonds is 10. The highest BCUT2D eigenvalue weighted by Crippen LogP contribution is 2.42. The molecule has 3 fully saturated rings. The molecule has 3 aliphatic rings. The first kappa shape index (κ1) is 37.1. The highest BCUT2D eigenvalue weighted by molar-refractivity contribution is 7.90. The van der Waals surface area contributed by atoms with E-state index in [1.165, 1.54) is 12.8 Å². The lowest BCUT2D eigenvalue weighted by atomic mass is 9.76. The van der Waals surface area contributed by atoms with Crippen molar-refractivity contribution in [1.29, 1.82) is 0 Å². The van der Waals surface area contributed by atoms with Gasteiger partial charge >= 0.3 is 6.18 Å². The van der Waals surface area contributed by atoms with E-state index in [4.69, 9.17) is 9.47 Å². The first-order valence-corrected chi connectivity index (χ1v) is 19.0. The molecule has 6 rings (SSSR count). The Labute approximate surface area is 297 Å². The van der Waals surface area contributed by atoms with Gasteiger partial charge in [-0.2, -0.15) is 13.2 Å².